The summed E-state index contributed by atoms with van der Waals surface area (Å²) in [4.78, 5) is 26.1. The van der Waals surface area contributed by atoms with Gasteiger partial charge in [0, 0.05) is 38.8 Å². The number of benzene rings is 4. The van der Waals surface area contributed by atoms with E-state index in [1.54, 1.807) is 0 Å². The van der Waals surface area contributed by atoms with Crippen molar-refractivity contribution >= 4 is 41.5 Å². The van der Waals surface area contributed by atoms with Crippen molar-refractivity contribution in [2.24, 2.45) is 0 Å². The van der Waals surface area contributed by atoms with Gasteiger partial charge in [0.1, 0.15) is 0 Å². The fourth-order valence-electron chi connectivity index (χ4n) is 5.26. The summed E-state index contributed by atoms with van der Waals surface area (Å²) >= 11 is 0. The maximum Gasteiger partial charge on any atom is 0.657 e. The van der Waals surface area contributed by atoms with E-state index in [2.05, 4.69) is 52.8 Å². The summed E-state index contributed by atoms with van der Waals surface area (Å²) in [7, 11) is 12.0. The Labute approximate surface area is 232 Å². The van der Waals surface area contributed by atoms with Crippen LogP contribution in [0, 0.1) is 0 Å². The summed E-state index contributed by atoms with van der Waals surface area (Å²) in [6.07, 6.45) is 0.929. The molecule has 0 atom stereocenters. The lowest BCUT2D eigenvalue weighted by Crippen LogP contribution is -2.56. The molecule has 0 heterocycles. The van der Waals surface area contributed by atoms with Gasteiger partial charge in [0.05, 0.1) is 41.8 Å². The molecule has 4 aromatic carbocycles. The molecule has 6 nitrogen and oxygen atoms in total. The fraction of sp³-hybridized carbons (Fsp3) is 0.250. The third kappa shape index (κ3) is 7.34. The highest BCUT2D eigenvalue weighted by molar-refractivity contribution is 6.16. The number of hydrogen-bond donors (Lipinski definition) is 2. The zero-order valence-corrected chi connectivity index (χ0v) is 23.9. The van der Waals surface area contributed by atoms with Crippen molar-refractivity contribution in [2.75, 3.05) is 45.9 Å². The van der Waals surface area contributed by atoms with E-state index < -0.39 is 0 Å². The van der Waals surface area contributed by atoms with Crippen molar-refractivity contribution in [3.63, 3.8) is 0 Å². The molecule has 0 aliphatic carbocycles. The van der Waals surface area contributed by atoms with Gasteiger partial charge in [-0.2, -0.15) is 0 Å². The molecule has 2 N–H and O–H groups in total. The van der Waals surface area contributed by atoms with Crippen LogP contribution in [-0.4, -0.2) is 63.4 Å². The molecule has 4 rings (SSSR count). The molecule has 0 fully saturated rings. The normalized spacial score (nSPS) is 11.7. The summed E-state index contributed by atoms with van der Waals surface area (Å²) in [6, 6.07) is 26.9. The standard InChI is InChI=1S/C32H37BN4O2/c1-7-23-14-18-25(19-15-23)31(38)34-29-12-8-11-28-27(29)10-9-13-30(28)35-32(39)26-20-16-24(17-21-26)22-37(5,6)33-36(2,3)4/h8-21,33H,7,22H2,1-6H3/p+2. The number of rotatable bonds is 9. The van der Waals surface area contributed by atoms with Crippen LogP contribution < -0.4 is 10.6 Å². The molecular formula is C32H39BN4O2+2. The van der Waals surface area contributed by atoms with E-state index in [0.717, 1.165) is 40.1 Å². The van der Waals surface area contributed by atoms with Crippen molar-refractivity contribution < 1.29 is 18.4 Å². The molecule has 200 valence electrons. The van der Waals surface area contributed by atoms with E-state index in [1.807, 2.05) is 84.9 Å². The van der Waals surface area contributed by atoms with Gasteiger partial charge in [0.15, 0.2) is 0 Å². The molecule has 2 amide bonds. The first-order valence-corrected chi connectivity index (χ1v) is 13.4. The zero-order chi connectivity index (χ0) is 28.2. The first-order chi connectivity index (χ1) is 18.4. The molecule has 0 saturated heterocycles. The molecule has 0 bridgehead atoms. The second-order valence-electron chi connectivity index (χ2n) is 11.9. The lowest BCUT2D eigenvalue weighted by Gasteiger charge is -2.34. The van der Waals surface area contributed by atoms with Crippen LogP contribution in [0.4, 0.5) is 11.4 Å². The van der Waals surface area contributed by atoms with Gasteiger partial charge in [0.25, 0.3) is 11.8 Å². The van der Waals surface area contributed by atoms with E-state index in [9.17, 15) is 9.59 Å². The van der Waals surface area contributed by atoms with Gasteiger partial charge >= 0.3 is 7.55 Å². The Balaban J connectivity index is 1.49. The number of quaternary nitrogens is 2. The third-order valence-electron chi connectivity index (χ3n) is 6.68. The number of carbonyl (C=O) groups is 2. The number of aryl methyl sites for hydroxylation is 1. The van der Waals surface area contributed by atoms with Crippen LogP contribution in [0.5, 0.6) is 0 Å². The van der Waals surface area contributed by atoms with Gasteiger partial charge in [0.2, 0.25) is 0 Å². The highest BCUT2D eigenvalue weighted by atomic mass is 16.2. The monoisotopic (exact) mass is 522 g/mol. The Kier molecular flexibility index (Phi) is 8.24. The Morgan fingerprint density at radius 2 is 1.08 bits per heavy atom. The minimum atomic E-state index is -0.167. The summed E-state index contributed by atoms with van der Waals surface area (Å²) in [6.45, 7) is 2.98. The van der Waals surface area contributed by atoms with Gasteiger partial charge in [-0.05, 0) is 48.4 Å². The number of anilines is 2. The molecule has 0 unspecified atom stereocenters. The first kappa shape index (κ1) is 28.1. The quantitative estimate of drug-likeness (QED) is 0.287. The Bertz CT molecular complexity index is 1470. The Morgan fingerprint density at radius 3 is 1.49 bits per heavy atom. The first-order valence-electron chi connectivity index (χ1n) is 13.4. The number of hydrogen-bond acceptors (Lipinski definition) is 2. The topological polar surface area (TPSA) is 58.2 Å². The van der Waals surface area contributed by atoms with Crippen LogP contribution in [0.3, 0.4) is 0 Å². The SMILES string of the molecule is CCc1ccc(C(=O)Nc2cccc3c(NC(=O)c4ccc(C[N+](C)(C)B[N+](C)(C)C)cc4)cccc23)cc1. The van der Waals surface area contributed by atoms with E-state index in [-0.39, 0.29) is 11.8 Å². The van der Waals surface area contributed by atoms with E-state index >= 15 is 0 Å². The third-order valence-corrected chi connectivity index (χ3v) is 6.68. The summed E-state index contributed by atoms with van der Waals surface area (Å²) in [5, 5.41) is 7.83. The minimum absolute atomic E-state index is 0.164. The van der Waals surface area contributed by atoms with Crippen molar-refractivity contribution in [1.82, 2.24) is 0 Å². The number of amides is 2. The number of carbonyl (C=O) groups excluding carboxylic acids is 2. The van der Waals surface area contributed by atoms with E-state index in [0.29, 0.717) is 22.5 Å². The second-order valence-corrected chi connectivity index (χ2v) is 11.9. The summed E-state index contributed by atoms with van der Waals surface area (Å²) in [5.74, 6) is -0.331. The molecule has 0 spiro atoms. The van der Waals surface area contributed by atoms with Crippen molar-refractivity contribution in [2.45, 2.75) is 19.9 Å². The molecule has 0 aliphatic heterocycles. The highest BCUT2D eigenvalue weighted by Gasteiger charge is 2.31. The van der Waals surface area contributed by atoms with Crippen LogP contribution in [-0.2, 0) is 13.0 Å². The predicted molar refractivity (Wildman–Crippen MR) is 163 cm³/mol. The molecule has 0 aromatic heterocycles. The molecule has 0 saturated carbocycles. The average molecular weight is 523 g/mol. The molecule has 0 radical (unpaired) electrons. The number of nitrogens with one attached hydrogen (secondary N) is 2. The largest absolute Gasteiger partial charge is 0.657 e. The maximum atomic E-state index is 13.2. The second kappa shape index (κ2) is 11.4. The van der Waals surface area contributed by atoms with Gasteiger partial charge in [-0.15, -0.1) is 0 Å². The van der Waals surface area contributed by atoms with Crippen molar-refractivity contribution in [3.8, 4) is 0 Å². The average Bonchev–Trinajstić information content (AvgIpc) is 2.88. The Morgan fingerprint density at radius 1 is 0.641 bits per heavy atom. The predicted octanol–water partition coefficient (Wildman–Crippen LogP) is 5.46. The smallest absolute Gasteiger partial charge is 0.345 e. The van der Waals surface area contributed by atoms with Crippen LogP contribution >= 0.6 is 0 Å². The van der Waals surface area contributed by atoms with Crippen LogP contribution in [0.15, 0.2) is 84.9 Å². The van der Waals surface area contributed by atoms with Gasteiger partial charge in [-0.25, -0.2) is 0 Å². The van der Waals surface area contributed by atoms with Crippen LogP contribution in [0.1, 0.15) is 38.8 Å². The molecule has 7 heteroatoms. The van der Waals surface area contributed by atoms with Gasteiger partial charge in [-0.3, -0.25) is 9.59 Å². The summed E-state index contributed by atoms with van der Waals surface area (Å²) < 4.78 is 1.74. The van der Waals surface area contributed by atoms with Crippen molar-refractivity contribution in [1.29, 1.82) is 0 Å². The van der Waals surface area contributed by atoms with E-state index in [1.165, 1.54) is 11.1 Å². The van der Waals surface area contributed by atoms with Gasteiger partial charge < -0.3 is 19.4 Å². The fourth-order valence-corrected chi connectivity index (χ4v) is 5.26. The number of fused-ring (bicyclic) bond motifs is 1. The van der Waals surface area contributed by atoms with Crippen LogP contribution in [0.25, 0.3) is 10.8 Å². The molecular weight excluding hydrogens is 483 g/mol. The molecule has 4 aromatic rings. The zero-order valence-electron chi connectivity index (χ0n) is 23.9. The molecule has 39 heavy (non-hydrogen) atoms. The lowest BCUT2D eigenvalue weighted by atomic mass is 9.97. The minimum Gasteiger partial charge on any atom is -0.345 e. The number of nitrogens with zero attached hydrogens (tertiary/aromatic N) is 2. The van der Waals surface area contributed by atoms with Crippen molar-refractivity contribution in [3.05, 3.63) is 107 Å². The highest BCUT2D eigenvalue weighted by Crippen LogP contribution is 2.30. The lowest BCUT2D eigenvalue weighted by molar-refractivity contribution is -0.888. The van der Waals surface area contributed by atoms with E-state index in [4.69, 9.17) is 0 Å². The maximum absolute atomic E-state index is 13.2. The summed E-state index contributed by atoms with van der Waals surface area (Å²) in [5.41, 5.74) is 5.00. The van der Waals surface area contributed by atoms with Crippen LogP contribution in [0.2, 0.25) is 0 Å². The Hall–Kier alpha value is -3.94. The van der Waals surface area contributed by atoms with Gasteiger partial charge in [-0.1, -0.05) is 55.5 Å². The molecule has 0 aliphatic rings.